The zero-order valence-corrected chi connectivity index (χ0v) is 18.6. The van der Waals surface area contributed by atoms with Crippen LogP contribution < -0.4 is 5.32 Å². The molecule has 0 radical (unpaired) electrons. The van der Waals surface area contributed by atoms with Crippen molar-refractivity contribution in [2.24, 2.45) is 0 Å². The first-order chi connectivity index (χ1) is 16.1. The van der Waals surface area contributed by atoms with Crippen molar-refractivity contribution in [1.29, 1.82) is 0 Å². The van der Waals surface area contributed by atoms with E-state index in [1.165, 1.54) is 4.90 Å². The lowest BCUT2D eigenvalue weighted by atomic mass is 10.2. The summed E-state index contributed by atoms with van der Waals surface area (Å²) >= 11 is 0. The number of urea groups is 1. The Labute approximate surface area is 193 Å². The molecule has 0 spiro atoms. The molecule has 2 amide bonds. The predicted octanol–water partition coefficient (Wildman–Crippen LogP) is 2.50. The number of hydrogen-bond donors (Lipinski definition) is 1. The molecule has 1 N–H and O–H groups in total. The number of amides is 2. The average Bonchev–Trinajstić information content (AvgIpc) is 3.37. The first-order valence-electron chi connectivity index (χ1n) is 10.3. The summed E-state index contributed by atoms with van der Waals surface area (Å²) in [6, 6.07) is 8.41. The lowest BCUT2D eigenvalue weighted by Gasteiger charge is -2.34. The van der Waals surface area contributed by atoms with Gasteiger partial charge in [-0.2, -0.15) is 22.6 Å². The number of halogens is 3. The largest absolute Gasteiger partial charge is 0.416 e. The zero-order chi connectivity index (χ0) is 24.3. The summed E-state index contributed by atoms with van der Waals surface area (Å²) in [5.74, 6) is 0.644. The molecule has 0 saturated carbocycles. The molecule has 1 aromatic carbocycles. The molecule has 0 atom stereocenters. The molecule has 2 aromatic heterocycles. The standard InChI is InChI=1S/C21H21F3N6O3S/c22-21(23,24)17-3-5-18(6-4-17)34(32,33)29-12-10-28(11-13-29)20(31)26-15-16-2-7-19(25-14-16)30-9-1-8-27-30/h1-9,14H,10-13,15H2,(H,26,31). The summed E-state index contributed by atoms with van der Waals surface area (Å²) in [4.78, 5) is 18.1. The Morgan fingerprint density at radius 1 is 1.03 bits per heavy atom. The second-order valence-electron chi connectivity index (χ2n) is 7.55. The van der Waals surface area contributed by atoms with E-state index in [1.54, 1.807) is 35.4 Å². The topological polar surface area (TPSA) is 100 Å². The third kappa shape index (κ3) is 5.20. The molecule has 0 unspecified atom stereocenters. The molecule has 1 fully saturated rings. The second kappa shape index (κ2) is 9.43. The monoisotopic (exact) mass is 494 g/mol. The first-order valence-corrected chi connectivity index (χ1v) is 11.7. The molecule has 180 valence electrons. The fourth-order valence-corrected chi connectivity index (χ4v) is 4.87. The zero-order valence-electron chi connectivity index (χ0n) is 17.8. The van der Waals surface area contributed by atoms with Crippen LogP contribution in [0, 0.1) is 0 Å². The maximum absolute atomic E-state index is 12.8. The van der Waals surface area contributed by atoms with Gasteiger partial charge in [0.1, 0.15) is 0 Å². The van der Waals surface area contributed by atoms with Gasteiger partial charge in [-0.05, 0) is 42.0 Å². The Hall–Kier alpha value is -3.45. The van der Waals surface area contributed by atoms with Gasteiger partial charge in [0.2, 0.25) is 10.0 Å². The van der Waals surface area contributed by atoms with Gasteiger partial charge in [-0.3, -0.25) is 0 Å². The number of piperazine rings is 1. The van der Waals surface area contributed by atoms with Crippen LogP contribution in [0.4, 0.5) is 18.0 Å². The van der Waals surface area contributed by atoms with E-state index >= 15 is 0 Å². The number of carbonyl (C=O) groups is 1. The quantitative estimate of drug-likeness (QED) is 0.588. The van der Waals surface area contributed by atoms with E-state index in [0.29, 0.717) is 5.82 Å². The van der Waals surface area contributed by atoms with Gasteiger partial charge in [0.15, 0.2) is 5.82 Å². The number of alkyl halides is 3. The van der Waals surface area contributed by atoms with E-state index in [2.05, 4.69) is 15.4 Å². The van der Waals surface area contributed by atoms with Crippen molar-refractivity contribution < 1.29 is 26.4 Å². The van der Waals surface area contributed by atoms with E-state index < -0.39 is 21.8 Å². The highest BCUT2D eigenvalue weighted by molar-refractivity contribution is 7.89. The molecule has 1 aliphatic heterocycles. The van der Waals surface area contributed by atoms with Gasteiger partial charge >= 0.3 is 12.2 Å². The van der Waals surface area contributed by atoms with Crippen LogP contribution in [0.5, 0.6) is 0 Å². The number of aromatic nitrogens is 3. The highest BCUT2D eigenvalue weighted by Gasteiger charge is 2.33. The normalized spacial score (nSPS) is 15.3. The van der Waals surface area contributed by atoms with Crippen LogP contribution in [-0.4, -0.2) is 64.6 Å². The van der Waals surface area contributed by atoms with Gasteiger partial charge in [-0.15, -0.1) is 0 Å². The third-order valence-corrected chi connectivity index (χ3v) is 7.25. The van der Waals surface area contributed by atoms with Crippen LogP contribution >= 0.6 is 0 Å². The number of sulfonamides is 1. The Kier molecular flexibility index (Phi) is 6.57. The Morgan fingerprint density at radius 2 is 1.74 bits per heavy atom. The van der Waals surface area contributed by atoms with Crippen molar-refractivity contribution in [2.75, 3.05) is 26.2 Å². The van der Waals surface area contributed by atoms with Crippen LogP contribution in [-0.2, 0) is 22.7 Å². The van der Waals surface area contributed by atoms with Gasteiger partial charge in [-0.25, -0.2) is 22.9 Å². The molecule has 9 nitrogen and oxygen atoms in total. The van der Waals surface area contributed by atoms with Gasteiger partial charge in [0.25, 0.3) is 0 Å². The average molecular weight is 494 g/mol. The molecule has 0 bridgehead atoms. The maximum Gasteiger partial charge on any atom is 0.416 e. The highest BCUT2D eigenvalue weighted by Crippen LogP contribution is 2.30. The van der Waals surface area contributed by atoms with Crippen molar-refractivity contribution in [3.63, 3.8) is 0 Å². The van der Waals surface area contributed by atoms with E-state index in [-0.39, 0.29) is 43.7 Å². The van der Waals surface area contributed by atoms with E-state index in [4.69, 9.17) is 0 Å². The van der Waals surface area contributed by atoms with Crippen molar-refractivity contribution in [2.45, 2.75) is 17.6 Å². The number of hydrogen-bond acceptors (Lipinski definition) is 5. The number of nitrogens with zero attached hydrogens (tertiary/aromatic N) is 5. The molecule has 1 saturated heterocycles. The maximum atomic E-state index is 12.8. The van der Waals surface area contributed by atoms with E-state index in [1.807, 2.05) is 6.07 Å². The van der Waals surface area contributed by atoms with Crippen molar-refractivity contribution in [3.8, 4) is 5.82 Å². The van der Waals surface area contributed by atoms with Crippen molar-refractivity contribution in [1.82, 2.24) is 29.3 Å². The molecule has 3 heterocycles. The summed E-state index contributed by atoms with van der Waals surface area (Å²) in [6.07, 6.45) is 0.497. The molecule has 1 aliphatic rings. The summed E-state index contributed by atoms with van der Waals surface area (Å²) < 4.78 is 66.5. The molecular formula is C21H21F3N6O3S. The smallest absolute Gasteiger partial charge is 0.334 e. The molecule has 13 heteroatoms. The Balaban J connectivity index is 1.29. The number of benzene rings is 1. The van der Waals surface area contributed by atoms with Crippen LogP contribution in [0.1, 0.15) is 11.1 Å². The number of nitrogens with one attached hydrogen (secondary N) is 1. The van der Waals surface area contributed by atoms with Gasteiger partial charge < -0.3 is 10.2 Å². The molecule has 34 heavy (non-hydrogen) atoms. The lowest BCUT2D eigenvalue weighted by molar-refractivity contribution is -0.137. The van der Waals surface area contributed by atoms with Crippen LogP contribution in [0.2, 0.25) is 0 Å². The predicted molar refractivity (Wildman–Crippen MR) is 115 cm³/mol. The highest BCUT2D eigenvalue weighted by atomic mass is 32.2. The Bertz CT molecular complexity index is 1220. The number of carbonyl (C=O) groups excluding carboxylic acids is 1. The van der Waals surface area contributed by atoms with Crippen molar-refractivity contribution >= 4 is 16.1 Å². The summed E-state index contributed by atoms with van der Waals surface area (Å²) in [6.45, 7) is 0.632. The number of pyridine rings is 1. The molecule has 0 aliphatic carbocycles. The minimum atomic E-state index is -4.54. The van der Waals surface area contributed by atoms with Crippen LogP contribution in [0.15, 0.2) is 66.0 Å². The van der Waals surface area contributed by atoms with Gasteiger partial charge in [0.05, 0.1) is 10.5 Å². The van der Waals surface area contributed by atoms with E-state index in [0.717, 1.165) is 34.1 Å². The van der Waals surface area contributed by atoms with Gasteiger partial charge in [0, 0.05) is 51.3 Å². The van der Waals surface area contributed by atoms with Gasteiger partial charge in [-0.1, -0.05) is 6.07 Å². The minimum absolute atomic E-state index is 0.0386. The molecule has 3 aromatic rings. The third-order valence-electron chi connectivity index (χ3n) is 5.34. The first kappa shape index (κ1) is 23.7. The van der Waals surface area contributed by atoms with Crippen LogP contribution in [0.3, 0.4) is 0 Å². The molecular weight excluding hydrogens is 473 g/mol. The number of rotatable bonds is 5. The van der Waals surface area contributed by atoms with Crippen LogP contribution in [0.25, 0.3) is 5.82 Å². The molecule has 4 rings (SSSR count). The van der Waals surface area contributed by atoms with Crippen molar-refractivity contribution in [3.05, 3.63) is 72.2 Å². The Morgan fingerprint density at radius 3 is 2.29 bits per heavy atom. The fraction of sp³-hybridized carbons (Fsp3) is 0.286. The summed E-state index contributed by atoms with van der Waals surface area (Å²) in [5.41, 5.74) is -0.132. The fourth-order valence-electron chi connectivity index (χ4n) is 3.45. The SMILES string of the molecule is O=C(NCc1ccc(-n2cccn2)nc1)N1CCN(S(=O)(=O)c2ccc(C(F)(F)F)cc2)CC1. The van der Waals surface area contributed by atoms with E-state index in [9.17, 15) is 26.4 Å². The second-order valence-corrected chi connectivity index (χ2v) is 9.49. The lowest BCUT2D eigenvalue weighted by Crippen LogP contribution is -2.52. The summed E-state index contributed by atoms with van der Waals surface area (Å²) in [5, 5.41) is 6.87. The minimum Gasteiger partial charge on any atom is -0.334 e. The summed E-state index contributed by atoms with van der Waals surface area (Å²) in [7, 11) is -3.96.